The second-order valence-corrected chi connectivity index (χ2v) is 3.75. The number of hydrogen-bond acceptors (Lipinski definition) is 2. The van der Waals surface area contributed by atoms with Crippen molar-refractivity contribution in [3.63, 3.8) is 0 Å². The molecular weight excluding hydrogens is 193 g/mol. The molecule has 0 saturated carbocycles. The van der Waals surface area contributed by atoms with E-state index in [4.69, 9.17) is 4.74 Å². The van der Waals surface area contributed by atoms with E-state index in [2.05, 4.69) is 11.0 Å². The Balaban J connectivity index is 1.75. The van der Waals surface area contributed by atoms with Gasteiger partial charge in [-0.15, -0.1) is 0 Å². The van der Waals surface area contributed by atoms with Crippen molar-refractivity contribution in [1.29, 1.82) is 0 Å². The smallest absolute Gasteiger partial charge is 0.165 e. The number of likely N-dealkylation sites (tertiary alicyclic amines) is 1. The predicted molar refractivity (Wildman–Crippen MR) is 56.4 cm³/mol. The van der Waals surface area contributed by atoms with Crippen molar-refractivity contribution in [2.45, 2.75) is 12.8 Å². The summed E-state index contributed by atoms with van der Waals surface area (Å²) in [6.07, 6.45) is 2.54. The standard InChI is InChI=1S/C12H15FNO/c13-11-5-1-2-6-12(11)15-10-9-14-7-3-4-8-14/h2,5-6H,3-4,7-10H2. The third-order valence-electron chi connectivity index (χ3n) is 2.64. The Morgan fingerprint density at radius 2 is 2.20 bits per heavy atom. The summed E-state index contributed by atoms with van der Waals surface area (Å²) in [5.41, 5.74) is 0. The molecule has 1 aliphatic rings. The Kier molecular flexibility index (Phi) is 3.56. The van der Waals surface area contributed by atoms with Crippen molar-refractivity contribution >= 4 is 0 Å². The van der Waals surface area contributed by atoms with E-state index in [-0.39, 0.29) is 5.82 Å². The van der Waals surface area contributed by atoms with Gasteiger partial charge in [0, 0.05) is 6.54 Å². The zero-order valence-electron chi connectivity index (χ0n) is 8.71. The first-order valence-electron chi connectivity index (χ1n) is 5.37. The van der Waals surface area contributed by atoms with Gasteiger partial charge >= 0.3 is 0 Å². The molecule has 0 N–H and O–H groups in total. The molecule has 2 rings (SSSR count). The van der Waals surface area contributed by atoms with E-state index in [0.29, 0.717) is 12.4 Å². The van der Waals surface area contributed by atoms with Gasteiger partial charge in [0.05, 0.1) is 0 Å². The van der Waals surface area contributed by atoms with Gasteiger partial charge in [0.1, 0.15) is 6.61 Å². The van der Waals surface area contributed by atoms with Crippen LogP contribution in [-0.4, -0.2) is 31.1 Å². The van der Waals surface area contributed by atoms with Gasteiger partial charge in [0.15, 0.2) is 11.6 Å². The third-order valence-corrected chi connectivity index (χ3v) is 2.64. The van der Waals surface area contributed by atoms with Crippen molar-refractivity contribution in [3.8, 4) is 5.75 Å². The van der Waals surface area contributed by atoms with Crippen molar-refractivity contribution in [2.75, 3.05) is 26.2 Å². The normalized spacial score (nSPS) is 16.9. The Morgan fingerprint density at radius 1 is 1.40 bits per heavy atom. The van der Waals surface area contributed by atoms with E-state index < -0.39 is 0 Å². The average molecular weight is 208 g/mol. The quantitative estimate of drug-likeness (QED) is 0.751. The third kappa shape index (κ3) is 2.93. The van der Waals surface area contributed by atoms with Gasteiger partial charge in [-0.25, -0.2) is 4.39 Å². The van der Waals surface area contributed by atoms with Crippen LogP contribution < -0.4 is 4.74 Å². The van der Waals surface area contributed by atoms with E-state index in [1.54, 1.807) is 12.1 Å². The van der Waals surface area contributed by atoms with Crippen molar-refractivity contribution in [2.24, 2.45) is 0 Å². The van der Waals surface area contributed by atoms with Crippen LogP contribution in [0.15, 0.2) is 18.2 Å². The lowest BCUT2D eigenvalue weighted by atomic mass is 10.3. The Bertz CT molecular complexity index is 310. The molecule has 1 aromatic rings. The second-order valence-electron chi connectivity index (χ2n) is 3.75. The maximum absolute atomic E-state index is 13.1. The largest absolute Gasteiger partial charge is 0.489 e. The summed E-state index contributed by atoms with van der Waals surface area (Å²) >= 11 is 0. The molecule has 1 heterocycles. The molecule has 3 heteroatoms. The highest BCUT2D eigenvalue weighted by atomic mass is 19.1. The molecule has 1 aliphatic heterocycles. The highest BCUT2D eigenvalue weighted by Crippen LogP contribution is 2.15. The number of benzene rings is 1. The van der Waals surface area contributed by atoms with Gasteiger partial charge in [-0.2, -0.15) is 0 Å². The first kappa shape index (κ1) is 10.4. The monoisotopic (exact) mass is 208 g/mol. The number of ether oxygens (including phenoxy) is 1. The van der Waals surface area contributed by atoms with Gasteiger partial charge < -0.3 is 4.74 Å². The van der Waals surface area contributed by atoms with Gasteiger partial charge in [-0.05, 0) is 44.1 Å². The minimum absolute atomic E-state index is 0.327. The van der Waals surface area contributed by atoms with Gasteiger partial charge in [0.25, 0.3) is 0 Å². The minimum Gasteiger partial charge on any atom is -0.489 e. The van der Waals surface area contributed by atoms with Crippen LogP contribution in [0.4, 0.5) is 4.39 Å². The highest BCUT2D eigenvalue weighted by Gasteiger charge is 2.11. The fraction of sp³-hybridized carbons (Fsp3) is 0.500. The highest BCUT2D eigenvalue weighted by molar-refractivity contribution is 5.22. The number of halogens is 1. The maximum Gasteiger partial charge on any atom is 0.165 e. The molecule has 1 fully saturated rings. The summed E-state index contributed by atoms with van der Waals surface area (Å²) in [5, 5.41) is 0. The van der Waals surface area contributed by atoms with Crippen LogP contribution in [0.5, 0.6) is 5.75 Å². The van der Waals surface area contributed by atoms with E-state index in [9.17, 15) is 4.39 Å². The van der Waals surface area contributed by atoms with E-state index in [1.807, 2.05) is 0 Å². The Morgan fingerprint density at radius 3 is 2.93 bits per heavy atom. The SMILES string of the molecule is Fc1c[c]ccc1OCCN1CCCC1. The molecule has 1 radical (unpaired) electrons. The fourth-order valence-electron chi connectivity index (χ4n) is 1.80. The van der Waals surface area contributed by atoms with Gasteiger partial charge in [-0.1, -0.05) is 6.07 Å². The van der Waals surface area contributed by atoms with Crippen LogP contribution >= 0.6 is 0 Å². The lowest BCUT2D eigenvalue weighted by Gasteiger charge is -2.14. The Hall–Kier alpha value is -1.09. The number of rotatable bonds is 4. The van der Waals surface area contributed by atoms with Crippen LogP contribution in [0.1, 0.15) is 12.8 Å². The summed E-state index contributed by atoms with van der Waals surface area (Å²) in [4.78, 5) is 2.34. The van der Waals surface area contributed by atoms with E-state index >= 15 is 0 Å². The predicted octanol–water partition coefficient (Wildman–Crippen LogP) is 2.10. The molecule has 0 aliphatic carbocycles. The van der Waals surface area contributed by atoms with Crippen LogP contribution in [0, 0.1) is 11.9 Å². The lowest BCUT2D eigenvalue weighted by Crippen LogP contribution is -2.25. The topological polar surface area (TPSA) is 12.5 Å². The molecule has 15 heavy (non-hydrogen) atoms. The molecule has 1 saturated heterocycles. The number of hydrogen-bond donors (Lipinski definition) is 0. The molecule has 1 aromatic carbocycles. The zero-order chi connectivity index (χ0) is 10.5. The molecule has 0 unspecified atom stereocenters. The molecule has 0 aromatic heterocycles. The molecule has 0 bridgehead atoms. The van der Waals surface area contributed by atoms with Crippen molar-refractivity contribution in [1.82, 2.24) is 4.90 Å². The lowest BCUT2D eigenvalue weighted by molar-refractivity contribution is 0.231. The zero-order valence-corrected chi connectivity index (χ0v) is 8.71. The fourth-order valence-corrected chi connectivity index (χ4v) is 1.80. The molecule has 0 spiro atoms. The molecule has 0 atom stereocenters. The van der Waals surface area contributed by atoms with Crippen LogP contribution in [-0.2, 0) is 0 Å². The van der Waals surface area contributed by atoms with Gasteiger partial charge in [-0.3, -0.25) is 4.90 Å². The van der Waals surface area contributed by atoms with Crippen molar-refractivity contribution < 1.29 is 9.13 Å². The molecule has 0 amide bonds. The molecule has 81 valence electrons. The first-order valence-corrected chi connectivity index (χ1v) is 5.37. The summed E-state index contributed by atoms with van der Waals surface area (Å²) in [6.45, 7) is 3.74. The molecule has 2 nitrogen and oxygen atoms in total. The second kappa shape index (κ2) is 5.12. The van der Waals surface area contributed by atoms with Crippen molar-refractivity contribution in [3.05, 3.63) is 30.1 Å². The Labute approximate surface area is 89.7 Å². The van der Waals surface area contributed by atoms with Crippen LogP contribution in [0.25, 0.3) is 0 Å². The van der Waals surface area contributed by atoms with E-state index in [0.717, 1.165) is 19.6 Å². The number of nitrogens with zero attached hydrogens (tertiary/aromatic N) is 1. The summed E-state index contributed by atoms with van der Waals surface area (Å²) < 4.78 is 18.5. The first-order chi connectivity index (χ1) is 7.36. The van der Waals surface area contributed by atoms with Crippen LogP contribution in [0.3, 0.4) is 0 Å². The maximum atomic E-state index is 13.1. The summed E-state index contributed by atoms with van der Waals surface area (Å²) in [7, 11) is 0. The van der Waals surface area contributed by atoms with E-state index in [1.165, 1.54) is 18.9 Å². The van der Waals surface area contributed by atoms with Gasteiger partial charge in [0.2, 0.25) is 0 Å². The summed E-state index contributed by atoms with van der Waals surface area (Å²) in [6, 6.07) is 7.24. The summed E-state index contributed by atoms with van der Waals surface area (Å²) in [5.74, 6) is -0.00753. The average Bonchev–Trinajstić information content (AvgIpc) is 2.74. The molecular formula is C12H15FNO. The minimum atomic E-state index is -0.334. The van der Waals surface area contributed by atoms with Crippen LogP contribution in [0.2, 0.25) is 0 Å².